The van der Waals surface area contributed by atoms with Gasteiger partial charge in [0.15, 0.2) is 5.78 Å². The van der Waals surface area contributed by atoms with Crippen LogP contribution in [0.1, 0.15) is 44.6 Å². The summed E-state index contributed by atoms with van der Waals surface area (Å²) in [6, 6.07) is 10.2. The van der Waals surface area contributed by atoms with Crippen molar-refractivity contribution in [3.8, 4) is 0 Å². The summed E-state index contributed by atoms with van der Waals surface area (Å²) >= 11 is 0. The number of Topliss-reactive ketones (excluding diaryl/α,β-unsaturated/α-hetero) is 2. The molecular weight excluding hydrogens is 248 g/mol. The number of hydrogen-bond donors (Lipinski definition) is 0. The lowest BCUT2D eigenvalue weighted by Crippen LogP contribution is -2.42. The van der Waals surface area contributed by atoms with Gasteiger partial charge >= 0.3 is 0 Å². The molecule has 1 aromatic rings. The zero-order valence-corrected chi connectivity index (χ0v) is 11.9. The maximum Gasteiger partial charge on any atom is 0.158 e. The Labute approximate surface area is 119 Å². The van der Waals surface area contributed by atoms with Crippen molar-refractivity contribution in [1.82, 2.24) is 0 Å². The second kappa shape index (κ2) is 5.01. The van der Waals surface area contributed by atoms with E-state index in [0.717, 1.165) is 30.4 Å². The molecule has 1 aromatic carbocycles. The molecule has 0 amide bonds. The highest BCUT2D eigenvalue weighted by molar-refractivity contribution is 6.01. The van der Waals surface area contributed by atoms with Gasteiger partial charge in [-0.05, 0) is 49.3 Å². The molecule has 1 fully saturated rings. The van der Waals surface area contributed by atoms with E-state index >= 15 is 0 Å². The summed E-state index contributed by atoms with van der Waals surface area (Å²) in [7, 11) is 0. The van der Waals surface area contributed by atoms with Crippen molar-refractivity contribution in [3.63, 3.8) is 0 Å². The van der Waals surface area contributed by atoms with Crippen LogP contribution in [-0.2, 0) is 16.0 Å². The van der Waals surface area contributed by atoms with Gasteiger partial charge in [0.2, 0.25) is 0 Å². The number of benzene rings is 1. The lowest BCUT2D eigenvalue weighted by atomic mass is 9.59. The molecule has 0 radical (unpaired) electrons. The standard InChI is InChI=1S/C18H20O2/c1-13-15-8-5-9-17(20)18(15,11-10-16(13)19)12-14-6-3-2-4-7-14/h2-4,6-7H,5,8-12H2,1H3/t18-/m1/s1. The van der Waals surface area contributed by atoms with E-state index in [1.807, 2.05) is 25.1 Å². The molecule has 1 saturated carbocycles. The van der Waals surface area contributed by atoms with E-state index in [2.05, 4.69) is 12.1 Å². The first kappa shape index (κ1) is 13.3. The molecule has 0 unspecified atom stereocenters. The Morgan fingerprint density at radius 3 is 2.55 bits per heavy atom. The van der Waals surface area contributed by atoms with E-state index in [-0.39, 0.29) is 5.78 Å². The molecular formula is C18H20O2. The third-order valence-electron chi connectivity index (χ3n) is 4.94. The van der Waals surface area contributed by atoms with Crippen LogP contribution in [0, 0.1) is 5.41 Å². The predicted molar refractivity (Wildman–Crippen MR) is 78.4 cm³/mol. The zero-order valence-electron chi connectivity index (χ0n) is 11.9. The minimum absolute atomic E-state index is 0.235. The Bertz CT molecular complexity index is 583. The minimum atomic E-state index is -0.391. The predicted octanol–water partition coefficient (Wildman–Crippen LogP) is 3.65. The number of carbonyl (C=O) groups excluding carboxylic acids is 2. The minimum Gasteiger partial charge on any atom is -0.299 e. The normalized spacial score (nSPS) is 26.6. The summed E-state index contributed by atoms with van der Waals surface area (Å²) in [4.78, 5) is 24.6. The number of ketones is 2. The van der Waals surface area contributed by atoms with Crippen LogP contribution in [0.25, 0.3) is 0 Å². The van der Waals surface area contributed by atoms with Gasteiger partial charge in [0.1, 0.15) is 5.78 Å². The van der Waals surface area contributed by atoms with Gasteiger partial charge in [-0.3, -0.25) is 9.59 Å². The fraction of sp³-hybridized carbons (Fsp3) is 0.444. The quantitative estimate of drug-likeness (QED) is 0.820. The highest BCUT2D eigenvalue weighted by Gasteiger charge is 2.47. The molecule has 0 aromatic heterocycles. The first-order valence-electron chi connectivity index (χ1n) is 7.44. The molecule has 0 spiro atoms. The summed E-state index contributed by atoms with van der Waals surface area (Å²) in [6.07, 6.45) is 4.45. The average Bonchev–Trinajstić information content (AvgIpc) is 2.46. The van der Waals surface area contributed by atoms with Gasteiger partial charge in [0.05, 0.1) is 5.41 Å². The molecule has 0 saturated heterocycles. The third-order valence-corrected chi connectivity index (χ3v) is 4.94. The molecule has 104 valence electrons. The number of fused-ring (bicyclic) bond motifs is 1. The Kier molecular flexibility index (Phi) is 3.33. The topological polar surface area (TPSA) is 34.1 Å². The van der Waals surface area contributed by atoms with Crippen molar-refractivity contribution in [1.29, 1.82) is 0 Å². The number of rotatable bonds is 2. The molecule has 0 aliphatic heterocycles. The van der Waals surface area contributed by atoms with Gasteiger partial charge < -0.3 is 0 Å². The van der Waals surface area contributed by atoms with Crippen molar-refractivity contribution in [2.45, 2.75) is 45.4 Å². The van der Waals surface area contributed by atoms with Crippen LogP contribution in [0.3, 0.4) is 0 Å². The highest BCUT2D eigenvalue weighted by Crippen LogP contribution is 2.48. The van der Waals surface area contributed by atoms with E-state index in [9.17, 15) is 9.59 Å². The Morgan fingerprint density at radius 2 is 1.80 bits per heavy atom. The summed E-state index contributed by atoms with van der Waals surface area (Å²) in [6.45, 7) is 1.91. The molecule has 1 atom stereocenters. The Hall–Kier alpha value is -1.70. The van der Waals surface area contributed by atoms with Gasteiger partial charge in [-0.25, -0.2) is 0 Å². The van der Waals surface area contributed by atoms with Crippen LogP contribution in [0.2, 0.25) is 0 Å². The fourth-order valence-electron chi connectivity index (χ4n) is 3.83. The molecule has 20 heavy (non-hydrogen) atoms. The van der Waals surface area contributed by atoms with Crippen LogP contribution in [0.5, 0.6) is 0 Å². The van der Waals surface area contributed by atoms with Crippen molar-refractivity contribution < 1.29 is 9.59 Å². The van der Waals surface area contributed by atoms with Crippen molar-refractivity contribution in [3.05, 3.63) is 47.0 Å². The van der Waals surface area contributed by atoms with Crippen LogP contribution >= 0.6 is 0 Å². The summed E-state index contributed by atoms with van der Waals surface area (Å²) in [5.74, 6) is 0.577. The molecule has 2 heteroatoms. The van der Waals surface area contributed by atoms with Crippen LogP contribution in [0.4, 0.5) is 0 Å². The first-order chi connectivity index (χ1) is 9.63. The van der Waals surface area contributed by atoms with Crippen molar-refractivity contribution >= 4 is 11.6 Å². The van der Waals surface area contributed by atoms with Crippen molar-refractivity contribution in [2.75, 3.05) is 0 Å². The number of carbonyl (C=O) groups is 2. The SMILES string of the molecule is CC1=C2CCCC(=O)[C@@]2(Cc2ccccc2)CCC1=O. The van der Waals surface area contributed by atoms with Crippen LogP contribution < -0.4 is 0 Å². The summed E-state index contributed by atoms with van der Waals surface area (Å²) < 4.78 is 0. The van der Waals surface area contributed by atoms with E-state index in [1.165, 1.54) is 5.56 Å². The Morgan fingerprint density at radius 1 is 1.05 bits per heavy atom. The maximum atomic E-state index is 12.7. The van der Waals surface area contributed by atoms with Gasteiger partial charge in [-0.15, -0.1) is 0 Å². The van der Waals surface area contributed by atoms with Crippen LogP contribution in [0.15, 0.2) is 41.5 Å². The van der Waals surface area contributed by atoms with Gasteiger partial charge in [0.25, 0.3) is 0 Å². The maximum absolute atomic E-state index is 12.7. The van der Waals surface area contributed by atoms with Gasteiger partial charge in [0, 0.05) is 12.8 Å². The zero-order chi connectivity index (χ0) is 14.2. The molecule has 2 aliphatic carbocycles. The van der Waals surface area contributed by atoms with Crippen molar-refractivity contribution in [2.24, 2.45) is 5.41 Å². The van der Waals surface area contributed by atoms with Gasteiger partial charge in [-0.2, -0.15) is 0 Å². The van der Waals surface area contributed by atoms with Gasteiger partial charge in [-0.1, -0.05) is 30.3 Å². The third kappa shape index (κ3) is 2.04. The van der Waals surface area contributed by atoms with Crippen LogP contribution in [-0.4, -0.2) is 11.6 Å². The molecule has 3 rings (SSSR count). The summed E-state index contributed by atoms with van der Waals surface area (Å²) in [5, 5.41) is 0. The second-order valence-electron chi connectivity index (χ2n) is 6.05. The van der Waals surface area contributed by atoms with E-state index in [0.29, 0.717) is 25.0 Å². The Balaban J connectivity index is 2.06. The fourth-order valence-corrected chi connectivity index (χ4v) is 3.83. The van der Waals surface area contributed by atoms with E-state index < -0.39 is 5.41 Å². The average molecular weight is 268 g/mol. The van der Waals surface area contributed by atoms with E-state index in [1.54, 1.807) is 0 Å². The molecule has 0 heterocycles. The second-order valence-corrected chi connectivity index (χ2v) is 6.05. The molecule has 0 N–H and O–H groups in total. The monoisotopic (exact) mass is 268 g/mol. The lowest BCUT2D eigenvalue weighted by molar-refractivity contribution is -0.130. The largest absolute Gasteiger partial charge is 0.299 e. The highest BCUT2D eigenvalue weighted by atomic mass is 16.1. The number of allylic oxidation sites excluding steroid dienone is 2. The summed E-state index contributed by atoms with van der Waals surface area (Å²) in [5.41, 5.74) is 2.80. The molecule has 2 nitrogen and oxygen atoms in total. The molecule has 2 aliphatic rings. The molecule has 0 bridgehead atoms. The first-order valence-corrected chi connectivity index (χ1v) is 7.44. The number of hydrogen-bond acceptors (Lipinski definition) is 2. The smallest absolute Gasteiger partial charge is 0.158 e. The lowest BCUT2D eigenvalue weighted by Gasteiger charge is -2.42. The van der Waals surface area contributed by atoms with E-state index in [4.69, 9.17) is 0 Å².